The second-order valence-corrected chi connectivity index (χ2v) is 6.01. The highest BCUT2D eigenvalue weighted by Gasteiger charge is 2.27. The van der Waals surface area contributed by atoms with Crippen molar-refractivity contribution in [1.29, 1.82) is 0 Å². The lowest BCUT2D eigenvalue weighted by Crippen LogP contribution is -2.26. The number of fused-ring (bicyclic) bond motifs is 1. The fraction of sp³-hybridized carbons (Fsp3) is 0.562. The van der Waals surface area contributed by atoms with Gasteiger partial charge in [0.2, 0.25) is 0 Å². The van der Waals surface area contributed by atoms with Crippen LogP contribution in [0.4, 0.5) is 0 Å². The van der Waals surface area contributed by atoms with Gasteiger partial charge in [-0.15, -0.1) is 0 Å². The number of aromatic nitrogens is 2. The molecule has 1 aliphatic heterocycles. The molecule has 4 rings (SSSR count). The Morgan fingerprint density at radius 1 is 1.21 bits per heavy atom. The molecule has 0 amide bonds. The molecule has 1 unspecified atom stereocenters. The summed E-state index contributed by atoms with van der Waals surface area (Å²) in [5.74, 6) is 1.17. The Hall–Kier alpha value is -1.35. The van der Waals surface area contributed by atoms with Crippen LogP contribution in [0.5, 0.6) is 0 Å². The van der Waals surface area contributed by atoms with Gasteiger partial charge in [0, 0.05) is 12.1 Å². The van der Waals surface area contributed by atoms with Gasteiger partial charge in [-0.2, -0.15) is 0 Å². The third-order valence-electron chi connectivity index (χ3n) is 4.51. The van der Waals surface area contributed by atoms with Gasteiger partial charge in [-0.05, 0) is 56.8 Å². The monoisotopic (exact) mass is 255 g/mol. The van der Waals surface area contributed by atoms with Crippen LogP contribution >= 0.6 is 0 Å². The molecule has 2 heterocycles. The number of hydrogen-bond donors (Lipinski definition) is 1. The maximum atomic E-state index is 4.77. The van der Waals surface area contributed by atoms with Crippen LogP contribution in [0.1, 0.15) is 55.6 Å². The second-order valence-electron chi connectivity index (χ2n) is 6.01. The molecule has 0 bridgehead atoms. The standard InChI is InChI=1S/C16H21N3/c1-11-18-15-10-12(14-4-2-3-9-17-14)5-8-16(15)19(11)13-6-7-13/h5,8,10,13-14,17H,2-4,6-7,9H2,1H3. The number of hydrogen-bond acceptors (Lipinski definition) is 2. The minimum Gasteiger partial charge on any atom is -0.325 e. The average Bonchev–Trinajstić information content (AvgIpc) is 3.21. The third-order valence-corrected chi connectivity index (χ3v) is 4.51. The summed E-state index contributed by atoms with van der Waals surface area (Å²) >= 11 is 0. The highest BCUT2D eigenvalue weighted by atomic mass is 15.1. The molecular formula is C16H21N3. The van der Waals surface area contributed by atoms with E-state index in [-0.39, 0.29) is 0 Å². The van der Waals surface area contributed by atoms with Crippen molar-refractivity contribution >= 4 is 11.0 Å². The van der Waals surface area contributed by atoms with Gasteiger partial charge in [0.1, 0.15) is 5.82 Å². The normalized spacial score (nSPS) is 23.9. The Balaban J connectivity index is 1.75. The maximum absolute atomic E-state index is 4.77. The van der Waals surface area contributed by atoms with Gasteiger partial charge in [0.25, 0.3) is 0 Å². The molecule has 2 aliphatic rings. The van der Waals surface area contributed by atoms with Crippen LogP contribution in [0, 0.1) is 6.92 Å². The minimum absolute atomic E-state index is 0.532. The van der Waals surface area contributed by atoms with E-state index < -0.39 is 0 Å². The lowest BCUT2D eigenvalue weighted by Gasteiger charge is -2.23. The highest BCUT2D eigenvalue weighted by molar-refractivity contribution is 5.77. The average molecular weight is 255 g/mol. The fourth-order valence-corrected chi connectivity index (χ4v) is 3.38. The zero-order valence-corrected chi connectivity index (χ0v) is 11.5. The van der Waals surface area contributed by atoms with Crippen LogP contribution in [-0.4, -0.2) is 16.1 Å². The van der Waals surface area contributed by atoms with Gasteiger partial charge in [0.05, 0.1) is 11.0 Å². The minimum atomic E-state index is 0.532. The molecule has 1 saturated carbocycles. The Kier molecular flexibility index (Phi) is 2.62. The van der Waals surface area contributed by atoms with Crippen LogP contribution in [0.25, 0.3) is 11.0 Å². The van der Waals surface area contributed by atoms with E-state index in [1.807, 2.05) is 0 Å². The van der Waals surface area contributed by atoms with E-state index in [0.29, 0.717) is 12.1 Å². The number of nitrogens with zero attached hydrogens (tertiary/aromatic N) is 2. The predicted octanol–water partition coefficient (Wildman–Crippen LogP) is 3.49. The summed E-state index contributed by atoms with van der Waals surface area (Å²) in [7, 11) is 0. The summed E-state index contributed by atoms with van der Waals surface area (Å²) in [5.41, 5.74) is 3.90. The number of aryl methyl sites for hydroxylation is 1. The van der Waals surface area contributed by atoms with Crippen molar-refractivity contribution in [3.05, 3.63) is 29.6 Å². The molecule has 100 valence electrons. The number of rotatable bonds is 2. The smallest absolute Gasteiger partial charge is 0.106 e. The summed E-state index contributed by atoms with van der Waals surface area (Å²) in [4.78, 5) is 4.77. The first-order chi connectivity index (χ1) is 9.33. The zero-order valence-electron chi connectivity index (χ0n) is 11.5. The van der Waals surface area contributed by atoms with Crippen molar-refractivity contribution < 1.29 is 0 Å². The van der Waals surface area contributed by atoms with E-state index in [1.165, 1.54) is 54.5 Å². The predicted molar refractivity (Wildman–Crippen MR) is 77.3 cm³/mol. The fourth-order valence-electron chi connectivity index (χ4n) is 3.38. The van der Waals surface area contributed by atoms with Gasteiger partial charge in [-0.3, -0.25) is 0 Å². The largest absolute Gasteiger partial charge is 0.325 e. The molecule has 1 N–H and O–H groups in total. The van der Waals surface area contributed by atoms with E-state index in [9.17, 15) is 0 Å². The van der Waals surface area contributed by atoms with E-state index >= 15 is 0 Å². The van der Waals surface area contributed by atoms with Crippen molar-refractivity contribution in [2.45, 2.75) is 51.1 Å². The molecule has 1 aromatic heterocycles. The topological polar surface area (TPSA) is 29.9 Å². The van der Waals surface area contributed by atoms with E-state index in [0.717, 1.165) is 6.54 Å². The molecule has 1 saturated heterocycles. The van der Waals surface area contributed by atoms with E-state index in [2.05, 4.69) is 35.0 Å². The number of benzene rings is 1. The van der Waals surface area contributed by atoms with Crippen molar-refractivity contribution in [2.24, 2.45) is 0 Å². The Morgan fingerprint density at radius 3 is 2.84 bits per heavy atom. The van der Waals surface area contributed by atoms with Crippen LogP contribution < -0.4 is 5.32 Å². The molecule has 1 atom stereocenters. The molecule has 19 heavy (non-hydrogen) atoms. The Labute approximate surface area is 114 Å². The second kappa shape index (κ2) is 4.34. The number of piperidine rings is 1. The van der Waals surface area contributed by atoms with Crippen molar-refractivity contribution in [3.8, 4) is 0 Å². The van der Waals surface area contributed by atoms with Crippen molar-refractivity contribution in [3.63, 3.8) is 0 Å². The van der Waals surface area contributed by atoms with Crippen LogP contribution in [-0.2, 0) is 0 Å². The van der Waals surface area contributed by atoms with Gasteiger partial charge in [-0.25, -0.2) is 4.98 Å². The molecule has 1 aliphatic carbocycles. The summed E-state index contributed by atoms with van der Waals surface area (Å²) in [6, 6.07) is 8.11. The number of nitrogens with one attached hydrogen (secondary N) is 1. The molecule has 1 aromatic carbocycles. The first kappa shape index (κ1) is 11.5. The first-order valence-electron chi connectivity index (χ1n) is 7.55. The lowest BCUT2D eigenvalue weighted by atomic mass is 9.97. The molecule has 3 nitrogen and oxygen atoms in total. The molecule has 0 radical (unpaired) electrons. The van der Waals surface area contributed by atoms with Gasteiger partial charge in [0.15, 0.2) is 0 Å². The quantitative estimate of drug-likeness (QED) is 0.890. The van der Waals surface area contributed by atoms with Gasteiger partial charge < -0.3 is 9.88 Å². The molecule has 2 aromatic rings. The molecule has 0 spiro atoms. The van der Waals surface area contributed by atoms with Gasteiger partial charge >= 0.3 is 0 Å². The van der Waals surface area contributed by atoms with E-state index in [4.69, 9.17) is 4.98 Å². The van der Waals surface area contributed by atoms with Crippen LogP contribution in [0.3, 0.4) is 0 Å². The lowest BCUT2D eigenvalue weighted by molar-refractivity contribution is 0.412. The Morgan fingerprint density at radius 2 is 2.11 bits per heavy atom. The molecular weight excluding hydrogens is 234 g/mol. The van der Waals surface area contributed by atoms with Crippen molar-refractivity contribution in [1.82, 2.24) is 14.9 Å². The zero-order chi connectivity index (χ0) is 12.8. The maximum Gasteiger partial charge on any atom is 0.106 e. The Bertz CT molecular complexity index is 604. The summed E-state index contributed by atoms with van der Waals surface area (Å²) in [5, 5.41) is 3.62. The van der Waals surface area contributed by atoms with Crippen LogP contribution in [0.15, 0.2) is 18.2 Å². The molecule has 2 fully saturated rings. The first-order valence-corrected chi connectivity index (χ1v) is 7.55. The highest BCUT2D eigenvalue weighted by Crippen LogP contribution is 2.39. The number of imidazole rings is 1. The summed E-state index contributed by atoms with van der Waals surface area (Å²) in [6.07, 6.45) is 6.55. The third kappa shape index (κ3) is 1.96. The van der Waals surface area contributed by atoms with E-state index in [1.54, 1.807) is 0 Å². The summed E-state index contributed by atoms with van der Waals surface area (Å²) in [6.45, 7) is 3.29. The summed E-state index contributed by atoms with van der Waals surface area (Å²) < 4.78 is 2.42. The molecule has 3 heteroatoms. The SMILES string of the molecule is Cc1nc2cc(C3CCCCN3)ccc2n1C1CC1. The van der Waals surface area contributed by atoms with Gasteiger partial charge in [-0.1, -0.05) is 12.5 Å². The van der Waals surface area contributed by atoms with Crippen LogP contribution in [0.2, 0.25) is 0 Å². The van der Waals surface area contributed by atoms with Crippen molar-refractivity contribution in [2.75, 3.05) is 6.54 Å².